The van der Waals surface area contributed by atoms with Gasteiger partial charge >= 0.3 is 0 Å². The molecule has 2 rings (SSSR count). The zero-order valence-corrected chi connectivity index (χ0v) is 8.77. The second-order valence-corrected chi connectivity index (χ2v) is 2.44. The van der Waals surface area contributed by atoms with Crippen LogP contribution in [0.2, 0.25) is 0 Å². The fraction of sp³-hybridized carbons (Fsp3) is 0.143. The van der Waals surface area contributed by atoms with Crippen LogP contribution >= 0.6 is 24.8 Å². The van der Waals surface area contributed by atoms with Crippen molar-refractivity contribution in [3.05, 3.63) is 34.5 Å². The maximum absolute atomic E-state index is 11.2. The number of halogens is 2. The van der Waals surface area contributed by atoms with Gasteiger partial charge in [0.15, 0.2) is 0 Å². The number of rotatable bonds is 1. The molecule has 78 valence electrons. The van der Waals surface area contributed by atoms with Crippen molar-refractivity contribution in [3.8, 4) is 0 Å². The molecular weight excluding hydrogens is 227 g/mol. The van der Waals surface area contributed by atoms with Crippen LogP contribution in [0.25, 0.3) is 5.52 Å². The van der Waals surface area contributed by atoms with E-state index >= 15 is 0 Å². The molecule has 0 atom stereocenters. The largest absolute Gasteiger partial charge is 0.324 e. The summed E-state index contributed by atoms with van der Waals surface area (Å²) in [5.74, 6) is 0.490. The highest BCUT2D eigenvalue weighted by Crippen LogP contribution is 1.94. The van der Waals surface area contributed by atoms with Crippen molar-refractivity contribution in [1.82, 2.24) is 14.6 Å². The molecule has 2 aromatic rings. The Balaban J connectivity index is 0.000000845. The van der Waals surface area contributed by atoms with E-state index in [1.54, 1.807) is 18.3 Å². The number of H-pyrrole nitrogens is 1. The highest BCUT2D eigenvalue weighted by atomic mass is 35.5. The van der Waals surface area contributed by atoms with E-state index in [4.69, 9.17) is 5.73 Å². The topological polar surface area (TPSA) is 76.2 Å². The number of nitrogens with zero attached hydrogens (tertiary/aromatic N) is 2. The third-order valence-electron chi connectivity index (χ3n) is 1.64. The van der Waals surface area contributed by atoms with E-state index < -0.39 is 0 Å². The van der Waals surface area contributed by atoms with Gasteiger partial charge in [0.25, 0.3) is 5.56 Å². The van der Waals surface area contributed by atoms with Gasteiger partial charge in [0.2, 0.25) is 0 Å². The summed E-state index contributed by atoms with van der Waals surface area (Å²) < 4.78 is 1.51. The average Bonchev–Trinajstić information content (AvgIpc) is 2.52. The van der Waals surface area contributed by atoms with Crippen molar-refractivity contribution < 1.29 is 0 Å². The molecule has 0 amide bonds. The summed E-state index contributed by atoms with van der Waals surface area (Å²) >= 11 is 0. The molecule has 14 heavy (non-hydrogen) atoms. The first kappa shape index (κ1) is 13.0. The predicted octanol–water partition coefficient (Wildman–Crippen LogP) is 0.325. The Kier molecular flexibility index (Phi) is 4.62. The summed E-state index contributed by atoms with van der Waals surface area (Å²) in [6.07, 6.45) is 1.71. The van der Waals surface area contributed by atoms with Gasteiger partial charge in [0.05, 0.1) is 6.54 Å². The molecule has 0 aliphatic rings. The molecule has 2 heterocycles. The summed E-state index contributed by atoms with van der Waals surface area (Å²) in [6.45, 7) is 0.239. The monoisotopic (exact) mass is 236 g/mol. The number of nitrogens with two attached hydrogens (primary N) is 1. The van der Waals surface area contributed by atoms with Crippen LogP contribution in [0.3, 0.4) is 0 Å². The van der Waals surface area contributed by atoms with Gasteiger partial charge in [-0.3, -0.25) is 4.79 Å². The van der Waals surface area contributed by atoms with E-state index in [2.05, 4.69) is 10.1 Å². The molecule has 0 saturated carbocycles. The van der Waals surface area contributed by atoms with E-state index in [0.29, 0.717) is 11.3 Å². The van der Waals surface area contributed by atoms with Crippen molar-refractivity contribution in [2.75, 3.05) is 0 Å². The van der Waals surface area contributed by atoms with E-state index in [1.165, 1.54) is 4.52 Å². The molecule has 0 aliphatic carbocycles. The van der Waals surface area contributed by atoms with E-state index in [0.717, 1.165) is 0 Å². The molecule has 7 heteroatoms. The van der Waals surface area contributed by atoms with E-state index in [1.807, 2.05) is 0 Å². The highest BCUT2D eigenvalue weighted by molar-refractivity contribution is 5.85. The first-order chi connectivity index (χ1) is 5.81. The summed E-state index contributed by atoms with van der Waals surface area (Å²) in [7, 11) is 0. The Morgan fingerprint density at radius 3 is 2.86 bits per heavy atom. The van der Waals surface area contributed by atoms with Crippen LogP contribution in [0, 0.1) is 0 Å². The fourth-order valence-electron chi connectivity index (χ4n) is 1.08. The number of hydrogen-bond acceptors (Lipinski definition) is 3. The maximum Gasteiger partial charge on any atom is 0.275 e. The van der Waals surface area contributed by atoms with Gasteiger partial charge in [0.1, 0.15) is 11.3 Å². The Bertz CT molecular complexity index is 464. The van der Waals surface area contributed by atoms with Crippen molar-refractivity contribution in [2.24, 2.45) is 5.73 Å². The molecule has 0 radical (unpaired) electrons. The lowest BCUT2D eigenvalue weighted by Gasteiger charge is -1.96. The van der Waals surface area contributed by atoms with Crippen LogP contribution in [0.1, 0.15) is 5.82 Å². The van der Waals surface area contributed by atoms with Crippen LogP contribution in [0.5, 0.6) is 0 Å². The smallest absolute Gasteiger partial charge is 0.275 e. The van der Waals surface area contributed by atoms with Gasteiger partial charge in [0, 0.05) is 6.20 Å². The SMILES string of the molecule is Cl.Cl.NCc1nn2cccc2c(=O)[nH]1. The first-order valence-corrected chi connectivity index (χ1v) is 3.58. The van der Waals surface area contributed by atoms with Gasteiger partial charge in [-0.05, 0) is 12.1 Å². The molecule has 5 nitrogen and oxygen atoms in total. The third-order valence-corrected chi connectivity index (χ3v) is 1.64. The van der Waals surface area contributed by atoms with Gasteiger partial charge in [-0.2, -0.15) is 5.10 Å². The first-order valence-electron chi connectivity index (χ1n) is 3.58. The summed E-state index contributed by atoms with van der Waals surface area (Å²) in [5.41, 5.74) is 5.71. The summed E-state index contributed by atoms with van der Waals surface area (Å²) in [4.78, 5) is 13.8. The molecule has 0 bridgehead atoms. The minimum atomic E-state index is -0.157. The van der Waals surface area contributed by atoms with Gasteiger partial charge < -0.3 is 10.7 Å². The molecule has 0 spiro atoms. The Labute approximate surface area is 92.1 Å². The van der Waals surface area contributed by atoms with Gasteiger partial charge in [-0.25, -0.2) is 4.52 Å². The van der Waals surface area contributed by atoms with Crippen molar-refractivity contribution in [2.45, 2.75) is 6.54 Å². The molecule has 3 N–H and O–H groups in total. The van der Waals surface area contributed by atoms with E-state index in [9.17, 15) is 4.79 Å². The standard InChI is InChI=1S/C7H8N4O.2ClH/c8-4-6-9-7(12)5-2-1-3-11(5)10-6;;/h1-3H,4,8H2,(H,9,10,12);2*1H. The minimum absolute atomic E-state index is 0. The Morgan fingerprint density at radius 1 is 1.50 bits per heavy atom. The van der Waals surface area contributed by atoms with Gasteiger partial charge in [-0.15, -0.1) is 24.8 Å². The van der Waals surface area contributed by atoms with Gasteiger partial charge in [-0.1, -0.05) is 0 Å². The second kappa shape index (κ2) is 4.99. The number of fused-ring (bicyclic) bond motifs is 1. The third kappa shape index (κ3) is 2.06. The summed E-state index contributed by atoms with van der Waals surface area (Å²) in [5, 5.41) is 4.05. The predicted molar refractivity (Wildman–Crippen MR) is 58.2 cm³/mol. The fourth-order valence-corrected chi connectivity index (χ4v) is 1.08. The number of nitrogens with one attached hydrogen (secondary N) is 1. The number of hydrogen-bond donors (Lipinski definition) is 2. The van der Waals surface area contributed by atoms with Crippen molar-refractivity contribution in [1.29, 1.82) is 0 Å². The van der Waals surface area contributed by atoms with Crippen LogP contribution in [-0.2, 0) is 6.54 Å². The lowest BCUT2D eigenvalue weighted by molar-refractivity contribution is 0.788. The summed E-state index contributed by atoms with van der Waals surface area (Å²) in [6, 6.07) is 3.46. The Morgan fingerprint density at radius 2 is 2.21 bits per heavy atom. The molecule has 0 fully saturated rings. The molecule has 2 aromatic heterocycles. The lowest BCUT2D eigenvalue weighted by Crippen LogP contribution is -2.17. The molecule has 0 unspecified atom stereocenters. The van der Waals surface area contributed by atoms with Crippen molar-refractivity contribution in [3.63, 3.8) is 0 Å². The molecule has 0 aliphatic heterocycles. The highest BCUT2D eigenvalue weighted by Gasteiger charge is 1.99. The normalized spacial score (nSPS) is 9.21. The van der Waals surface area contributed by atoms with E-state index in [-0.39, 0.29) is 36.9 Å². The van der Waals surface area contributed by atoms with Crippen LogP contribution in [0.4, 0.5) is 0 Å². The zero-order chi connectivity index (χ0) is 8.55. The zero-order valence-electron chi connectivity index (χ0n) is 7.14. The molecular formula is C7H10Cl2N4O. The maximum atomic E-state index is 11.2. The van der Waals surface area contributed by atoms with Crippen LogP contribution in [-0.4, -0.2) is 14.6 Å². The van der Waals surface area contributed by atoms with Crippen molar-refractivity contribution >= 4 is 30.3 Å². The second-order valence-electron chi connectivity index (χ2n) is 2.44. The quantitative estimate of drug-likeness (QED) is 0.750. The van der Waals surface area contributed by atoms with Crippen LogP contribution < -0.4 is 11.3 Å². The number of aromatic nitrogens is 3. The average molecular weight is 237 g/mol. The molecule has 0 aromatic carbocycles. The molecule has 0 saturated heterocycles. The lowest BCUT2D eigenvalue weighted by atomic mass is 10.5. The number of aromatic amines is 1. The van der Waals surface area contributed by atoms with Crippen LogP contribution in [0.15, 0.2) is 23.1 Å². The minimum Gasteiger partial charge on any atom is -0.324 e. The Hall–Kier alpha value is -1.04.